The van der Waals surface area contributed by atoms with Gasteiger partial charge in [0.25, 0.3) is 0 Å². The molecule has 6 heterocycles. The third kappa shape index (κ3) is 10.5. The van der Waals surface area contributed by atoms with Crippen LogP contribution in [0.4, 0.5) is 0 Å². The molecule has 16 nitrogen and oxygen atoms in total. The van der Waals surface area contributed by atoms with Crippen molar-refractivity contribution in [1.82, 2.24) is 20.1 Å². The van der Waals surface area contributed by atoms with E-state index in [1.165, 1.54) is 44.5 Å². The number of phosphoric acid groups is 1. The van der Waals surface area contributed by atoms with Gasteiger partial charge in [-0.3, -0.25) is 14.5 Å². The van der Waals surface area contributed by atoms with Gasteiger partial charge in [0.05, 0.1) is 41.8 Å². The van der Waals surface area contributed by atoms with Gasteiger partial charge in [0.15, 0.2) is 18.4 Å². The second-order valence-corrected chi connectivity index (χ2v) is 26.0. The molecule has 0 bridgehead atoms. The van der Waals surface area contributed by atoms with E-state index in [-0.39, 0.29) is 65.1 Å². The van der Waals surface area contributed by atoms with Gasteiger partial charge in [0.1, 0.15) is 29.6 Å². The van der Waals surface area contributed by atoms with Crippen molar-refractivity contribution in [3.63, 3.8) is 0 Å². The summed E-state index contributed by atoms with van der Waals surface area (Å²) in [5.41, 5.74) is 2.06. The summed E-state index contributed by atoms with van der Waals surface area (Å²) in [7, 11) is -6.38. The molecule has 8 rings (SSSR count). The molecule has 9 atom stereocenters. The minimum absolute atomic E-state index is 0.000288. The highest BCUT2D eigenvalue weighted by Crippen LogP contribution is 2.58. The molecule has 5 aliphatic heterocycles. The first kappa shape index (κ1) is 49.9. The number of hydrogen-bond donors (Lipinski definition) is 3. The van der Waals surface area contributed by atoms with E-state index < -0.39 is 58.0 Å². The van der Waals surface area contributed by atoms with Crippen LogP contribution in [-0.2, 0) is 37.4 Å². The van der Waals surface area contributed by atoms with E-state index >= 15 is 0 Å². The maximum atomic E-state index is 14.2. The molecule has 0 aliphatic carbocycles. The third-order valence-electron chi connectivity index (χ3n) is 11.9. The lowest BCUT2D eigenvalue weighted by Gasteiger charge is -2.48. The second-order valence-electron chi connectivity index (χ2n) is 18.0. The van der Waals surface area contributed by atoms with Crippen LogP contribution >= 0.6 is 30.9 Å². The molecular weight excluding hydrogens is 936 g/mol. The Kier molecular flexibility index (Phi) is 15.1. The number of para-hydroxylation sites is 2. The fourth-order valence-corrected chi connectivity index (χ4v) is 13.9. The summed E-state index contributed by atoms with van der Waals surface area (Å²) in [6, 6.07) is 16.4. The zero-order valence-electron chi connectivity index (χ0n) is 38.6. The lowest BCUT2D eigenvalue weighted by Crippen LogP contribution is -2.64. The number of aliphatic carboxylic acids is 1. The van der Waals surface area contributed by atoms with Crippen molar-refractivity contribution in [3.8, 4) is 11.5 Å². The molecular formula is C47H57N4O12PS2Si. The molecule has 0 saturated carbocycles. The molecule has 5 aliphatic rings. The summed E-state index contributed by atoms with van der Waals surface area (Å²) in [6.45, 7) is 19.8. The van der Waals surface area contributed by atoms with E-state index in [0.717, 1.165) is 23.0 Å². The number of carbonyl (C=O) groups is 4. The van der Waals surface area contributed by atoms with Crippen LogP contribution in [0.25, 0.3) is 5.57 Å². The Balaban J connectivity index is 0.000000209. The van der Waals surface area contributed by atoms with Crippen molar-refractivity contribution in [2.75, 3.05) is 13.2 Å². The number of amides is 2. The van der Waals surface area contributed by atoms with Crippen LogP contribution in [0.5, 0.6) is 11.5 Å². The number of rotatable bonds is 17. The fourth-order valence-electron chi connectivity index (χ4n) is 9.14. The van der Waals surface area contributed by atoms with Gasteiger partial charge in [-0.05, 0) is 83.2 Å². The van der Waals surface area contributed by atoms with Crippen LogP contribution in [0.1, 0.15) is 46.7 Å². The number of thioether (sulfide) groups is 1. The lowest BCUT2D eigenvalue weighted by atomic mass is 9.79. The molecule has 0 spiro atoms. The maximum Gasteiger partial charge on any atom is 0.646 e. The van der Waals surface area contributed by atoms with E-state index in [0.29, 0.717) is 10.9 Å². The first-order valence-electron chi connectivity index (χ1n) is 22.1. The molecule has 358 valence electrons. The number of hydrogen-bond acceptors (Lipinski definition) is 15. The quantitative estimate of drug-likeness (QED) is 0.0385. The number of carboxylic acid groups (broad SMARTS) is 1. The normalized spacial score (nSPS) is 25.4. The SMILES string of the molecule is C=CCOC(=O)C1=C(OP(=O)(Oc2ccccc2)Oc2ccccc2)[C@H](C)[C@@H]2[C@@H]([C@@H](C)O[Si](C)(C)C)C(=O)N12.C[C@@H]1C=C(c2csc(SC3=C(C(=O)O)N4C(=O)[C@H]([C@@H](C)O)[C@H]4[C@H]3C)n2)CCN1. The molecule has 2 amide bonds. The summed E-state index contributed by atoms with van der Waals surface area (Å²) in [6.07, 6.45) is 3.33. The third-order valence-corrected chi connectivity index (χ3v) is 16.5. The average Bonchev–Trinajstić information content (AvgIpc) is 3.90. The molecule has 67 heavy (non-hydrogen) atoms. The first-order chi connectivity index (χ1) is 31.7. The summed E-state index contributed by atoms with van der Waals surface area (Å²) >= 11 is 2.82. The summed E-state index contributed by atoms with van der Waals surface area (Å²) in [5, 5.41) is 25.0. The molecule has 2 fully saturated rings. The number of thiazole rings is 1. The Hall–Kier alpha value is -5.01. The van der Waals surface area contributed by atoms with Crippen molar-refractivity contribution >= 4 is 68.6 Å². The monoisotopic (exact) mass is 992 g/mol. The lowest BCUT2D eigenvalue weighted by molar-refractivity contribution is -0.163. The van der Waals surface area contributed by atoms with Gasteiger partial charge in [0.2, 0.25) is 11.8 Å². The predicted molar refractivity (Wildman–Crippen MR) is 256 cm³/mol. The first-order valence-corrected chi connectivity index (χ1v) is 28.7. The Bertz CT molecular complexity index is 2480. The van der Waals surface area contributed by atoms with E-state index in [4.69, 9.17) is 27.7 Å². The smallest absolute Gasteiger partial charge is 0.477 e. The van der Waals surface area contributed by atoms with Gasteiger partial charge in [-0.25, -0.2) is 14.6 Å². The standard InChI is InChI=1S/C28H34NO8PSi.C19H23N3O4S2/c1-7-18-33-28(31)25-26(19(2)24-23(27(30)29(24)25)20(3)37-39(4,5)6)36-38(32,34-21-14-10-8-11-15-21)35-22-16-12-9-13-17-22;1-8-6-11(4-5-20-8)12-7-27-19(21-12)28-16-9(2)14-13(10(3)23)17(24)22(14)15(16)18(25)26/h7-17,19-20,23-24H,1,18H2,2-6H3;6-10,13-14,20,23H,4-5H2,1-3H3,(H,25,26)/t19-,20-,23-,24-;8-,9-,10-,13-,14-/m11/s1. The fraction of sp³-hybridized carbons (Fsp3) is 0.426. The predicted octanol–water partition coefficient (Wildman–Crippen LogP) is 8.08. The van der Waals surface area contributed by atoms with Crippen molar-refractivity contribution in [2.24, 2.45) is 23.7 Å². The Morgan fingerprint density at radius 1 is 0.940 bits per heavy atom. The highest BCUT2D eigenvalue weighted by Gasteiger charge is 2.63. The Morgan fingerprint density at radius 2 is 1.52 bits per heavy atom. The van der Waals surface area contributed by atoms with Crippen LogP contribution in [-0.4, -0.2) is 101 Å². The summed E-state index contributed by atoms with van der Waals surface area (Å²) < 4.78 is 44.0. The van der Waals surface area contributed by atoms with Crippen LogP contribution < -0.4 is 14.4 Å². The van der Waals surface area contributed by atoms with Crippen molar-refractivity contribution in [2.45, 2.75) is 95.4 Å². The number of esters is 1. The number of fused-ring (bicyclic) bond motifs is 2. The number of nitrogens with zero attached hydrogens (tertiary/aromatic N) is 3. The molecule has 1 aromatic heterocycles. The van der Waals surface area contributed by atoms with Crippen LogP contribution in [0, 0.1) is 23.7 Å². The number of phosphoric ester groups is 1. The number of nitrogens with one attached hydrogen (secondary N) is 1. The Labute approximate surface area is 399 Å². The number of ether oxygens (including phenoxy) is 1. The molecule has 0 unspecified atom stereocenters. The van der Waals surface area contributed by atoms with Crippen molar-refractivity contribution in [1.29, 1.82) is 0 Å². The van der Waals surface area contributed by atoms with Crippen molar-refractivity contribution < 1.29 is 56.7 Å². The average molecular weight is 993 g/mol. The van der Waals surface area contributed by atoms with Crippen LogP contribution in [0.15, 0.2) is 111 Å². The number of carboxylic acids is 1. The van der Waals surface area contributed by atoms with Gasteiger partial charge >= 0.3 is 19.8 Å². The summed E-state index contributed by atoms with van der Waals surface area (Å²) in [5.74, 6) is -3.76. The zero-order chi connectivity index (χ0) is 48.5. The number of benzene rings is 2. The van der Waals surface area contributed by atoms with Gasteiger partial charge < -0.3 is 43.2 Å². The summed E-state index contributed by atoms with van der Waals surface area (Å²) in [4.78, 5) is 59.0. The minimum Gasteiger partial charge on any atom is -0.477 e. The van der Waals surface area contributed by atoms with E-state index in [9.17, 15) is 34.0 Å². The zero-order valence-corrected chi connectivity index (χ0v) is 42.1. The maximum absolute atomic E-state index is 14.2. The van der Waals surface area contributed by atoms with Crippen LogP contribution in [0.2, 0.25) is 19.6 Å². The minimum atomic E-state index is -4.42. The molecule has 20 heteroatoms. The van der Waals surface area contributed by atoms with Gasteiger partial charge in [-0.1, -0.05) is 80.7 Å². The highest BCUT2D eigenvalue weighted by molar-refractivity contribution is 8.04. The number of aliphatic hydroxyl groups is 1. The molecule has 0 radical (unpaired) electrons. The number of aromatic nitrogens is 1. The van der Waals surface area contributed by atoms with Crippen molar-refractivity contribution in [3.05, 3.63) is 113 Å². The van der Waals surface area contributed by atoms with Crippen LogP contribution in [0.3, 0.4) is 0 Å². The van der Waals surface area contributed by atoms with Gasteiger partial charge in [-0.15, -0.1) is 11.3 Å². The van der Waals surface area contributed by atoms with Gasteiger partial charge in [0, 0.05) is 28.2 Å². The molecule has 2 saturated heterocycles. The van der Waals surface area contributed by atoms with Gasteiger partial charge in [-0.2, -0.15) is 4.57 Å². The largest absolute Gasteiger partial charge is 0.646 e. The number of carbonyl (C=O) groups excluding carboxylic acids is 3. The topological polar surface area (TPSA) is 203 Å². The number of β-lactam (4-membered cyclic amide) rings is 2. The number of aliphatic hydroxyl groups excluding tert-OH is 1. The van der Waals surface area contributed by atoms with E-state index in [1.54, 1.807) is 74.5 Å². The van der Waals surface area contributed by atoms with E-state index in [1.807, 2.05) is 38.9 Å². The van der Waals surface area contributed by atoms with E-state index in [2.05, 4.69) is 24.9 Å². The second kappa shape index (κ2) is 20.3. The molecule has 3 aromatic rings. The Morgan fingerprint density at radius 3 is 2.07 bits per heavy atom. The highest BCUT2D eigenvalue weighted by atomic mass is 32.2. The molecule has 3 N–H and O–H groups in total. The molecule has 2 aromatic carbocycles.